The molecule has 74 valence electrons. The summed E-state index contributed by atoms with van der Waals surface area (Å²) in [5.41, 5.74) is 6.02. The van der Waals surface area contributed by atoms with Crippen LogP contribution in [0.1, 0.15) is 15.9 Å². The fraction of sp³-hybridized carbons (Fsp3) is 0.222. The molecule has 0 bridgehead atoms. The van der Waals surface area contributed by atoms with E-state index in [1.807, 2.05) is 16.8 Å². The molecule has 2 N–H and O–H groups in total. The van der Waals surface area contributed by atoms with Crippen molar-refractivity contribution in [2.45, 2.75) is 12.5 Å². The van der Waals surface area contributed by atoms with Gasteiger partial charge in [-0.2, -0.15) is 0 Å². The summed E-state index contributed by atoms with van der Waals surface area (Å²) in [5, 5.41) is 5.73. The van der Waals surface area contributed by atoms with Crippen LogP contribution in [-0.2, 0) is 6.42 Å². The van der Waals surface area contributed by atoms with Crippen molar-refractivity contribution < 1.29 is 0 Å². The summed E-state index contributed by atoms with van der Waals surface area (Å²) >= 11 is 9.21. The van der Waals surface area contributed by atoms with Crippen molar-refractivity contribution in [3.63, 3.8) is 0 Å². The molecule has 0 amide bonds. The standard InChI is InChI=1S/C9H9ClN2S2/c10-6-1-3-14-9(6)7(11)5-8-12-2-4-13-8/h1-4,7H,5,11H2. The lowest BCUT2D eigenvalue weighted by molar-refractivity contribution is 0.732. The molecule has 2 nitrogen and oxygen atoms in total. The fourth-order valence-corrected chi connectivity index (χ4v) is 3.08. The molecular formula is C9H9ClN2S2. The number of aromatic nitrogens is 1. The van der Waals surface area contributed by atoms with Crippen LogP contribution in [0.2, 0.25) is 5.02 Å². The fourth-order valence-electron chi connectivity index (χ4n) is 1.20. The van der Waals surface area contributed by atoms with E-state index in [-0.39, 0.29) is 6.04 Å². The van der Waals surface area contributed by atoms with E-state index in [0.717, 1.165) is 21.3 Å². The monoisotopic (exact) mass is 244 g/mol. The maximum atomic E-state index is 6.02. The Morgan fingerprint density at radius 3 is 2.86 bits per heavy atom. The van der Waals surface area contributed by atoms with Gasteiger partial charge in [-0.1, -0.05) is 11.6 Å². The summed E-state index contributed by atoms with van der Waals surface area (Å²) in [7, 11) is 0. The molecule has 1 atom stereocenters. The SMILES string of the molecule is NC(Cc1nccs1)c1sccc1Cl. The van der Waals surface area contributed by atoms with Gasteiger partial charge in [0.25, 0.3) is 0 Å². The van der Waals surface area contributed by atoms with Crippen molar-refractivity contribution in [3.05, 3.63) is 37.9 Å². The average Bonchev–Trinajstić information content (AvgIpc) is 2.75. The van der Waals surface area contributed by atoms with Crippen molar-refractivity contribution in [3.8, 4) is 0 Å². The van der Waals surface area contributed by atoms with Gasteiger partial charge in [-0.25, -0.2) is 4.98 Å². The Labute approximate surface area is 95.4 Å². The first-order valence-corrected chi connectivity index (χ1v) is 6.28. The highest BCUT2D eigenvalue weighted by atomic mass is 35.5. The summed E-state index contributed by atoms with van der Waals surface area (Å²) in [6, 6.07) is 1.84. The largest absolute Gasteiger partial charge is 0.323 e. The van der Waals surface area contributed by atoms with Gasteiger partial charge in [0.2, 0.25) is 0 Å². The molecule has 0 aliphatic carbocycles. The van der Waals surface area contributed by atoms with E-state index < -0.39 is 0 Å². The summed E-state index contributed by atoms with van der Waals surface area (Å²) in [6.07, 6.45) is 2.56. The van der Waals surface area contributed by atoms with Crippen molar-refractivity contribution in [2.24, 2.45) is 5.73 Å². The van der Waals surface area contributed by atoms with Crippen molar-refractivity contribution in [1.82, 2.24) is 4.98 Å². The van der Waals surface area contributed by atoms with Gasteiger partial charge < -0.3 is 5.73 Å². The highest BCUT2D eigenvalue weighted by Gasteiger charge is 2.13. The zero-order valence-electron chi connectivity index (χ0n) is 7.31. The maximum absolute atomic E-state index is 6.02. The average molecular weight is 245 g/mol. The lowest BCUT2D eigenvalue weighted by Crippen LogP contribution is -2.11. The Kier molecular flexibility index (Phi) is 3.18. The van der Waals surface area contributed by atoms with Crippen molar-refractivity contribution in [2.75, 3.05) is 0 Å². The highest BCUT2D eigenvalue weighted by molar-refractivity contribution is 7.10. The van der Waals surface area contributed by atoms with Gasteiger partial charge in [0, 0.05) is 28.9 Å². The molecular weight excluding hydrogens is 236 g/mol. The predicted octanol–water partition coefficient (Wildman–Crippen LogP) is 3.10. The Hall–Kier alpha value is -0.420. The third-order valence-corrected chi connectivity index (χ3v) is 4.15. The lowest BCUT2D eigenvalue weighted by Gasteiger charge is -2.07. The first-order chi connectivity index (χ1) is 6.77. The van der Waals surface area contributed by atoms with E-state index in [1.54, 1.807) is 28.9 Å². The summed E-state index contributed by atoms with van der Waals surface area (Å²) in [4.78, 5) is 5.24. The molecule has 5 heteroatoms. The normalized spacial score (nSPS) is 13.0. The zero-order valence-corrected chi connectivity index (χ0v) is 9.70. The predicted molar refractivity (Wildman–Crippen MR) is 62.1 cm³/mol. The van der Waals surface area contributed by atoms with Gasteiger partial charge in [0.1, 0.15) is 0 Å². The topological polar surface area (TPSA) is 38.9 Å². The highest BCUT2D eigenvalue weighted by Crippen LogP contribution is 2.29. The molecule has 0 aromatic carbocycles. The van der Waals surface area contributed by atoms with Crippen LogP contribution in [0.4, 0.5) is 0 Å². The molecule has 2 heterocycles. The molecule has 14 heavy (non-hydrogen) atoms. The van der Waals surface area contributed by atoms with E-state index in [0.29, 0.717) is 0 Å². The molecule has 1 unspecified atom stereocenters. The second kappa shape index (κ2) is 4.40. The number of nitrogens with two attached hydrogens (primary N) is 1. The number of rotatable bonds is 3. The van der Waals surface area contributed by atoms with E-state index in [1.165, 1.54) is 0 Å². The van der Waals surface area contributed by atoms with E-state index >= 15 is 0 Å². The Balaban J connectivity index is 2.10. The quantitative estimate of drug-likeness (QED) is 0.901. The Bertz CT molecular complexity index is 397. The number of hydrogen-bond acceptors (Lipinski definition) is 4. The van der Waals surface area contributed by atoms with Crippen LogP contribution >= 0.6 is 34.3 Å². The van der Waals surface area contributed by atoms with Crippen molar-refractivity contribution >= 4 is 34.3 Å². The van der Waals surface area contributed by atoms with Gasteiger partial charge in [-0.3, -0.25) is 0 Å². The first-order valence-electron chi connectivity index (χ1n) is 4.14. The van der Waals surface area contributed by atoms with Crippen LogP contribution in [0.5, 0.6) is 0 Å². The van der Waals surface area contributed by atoms with E-state index in [4.69, 9.17) is 17.3 Å². The molecule has 2 aromatic rings. The number of thiazole rings is 1. The zero-order chi connectivity index (χ0) is 9.97. The lowest BCUT2D eigenvalue weighted by atomic mass is 10.2. The van der Waals surface area contributed by atoms with Gasteiger partial charge >= 0.3 is 0 Å². The number of hydrogen-bond donors (Lipinski definition) is 1. The van der Waals surface area contributed by atoms with Crippen LogP contribution in [0.25, 0.3) is 0 Å². The van der Waals surface area contributed by atoms with Crippen LogP contribution in [-0.4, -0.2) is 4.98 Å². The van der Waals surface area contributed by atoms with Gasteiger partial charge in [0.15, 0.2) is 0 Å². The van der Waals surface area contributed by atoms with E-state index in [9.17, 15) is 0 Å². The Morgan fingerprint density at radius 2 is 2.29 bits per heavy atom. The number of halogens is 1. The van der Waals surface area contributed by atoms with E-state index in [2.05, 4.69) is 4.98 Å². The molecule has 0 aliphatic heterocycles. The van der Waals surface area contributed by atoms with Crippen LogP contribution in [0.3, 0.4) is 0 Å². The molecule has 0 radical (unpaired) electrons. The third kappa shape index (κ3) is 2.15. The van der Waals surface area contributed by atoms with Crippen LogP contribution in [0, 0.1) is 0 Å². The first kappa shape index (κ1) is 10.1. The second-order valence-electron chi connectivity index (χ2n) is 2.87. The number of thiophene rings is 1. The minimum Gasteiger partial charge on any atom is -0.323 e. The van der Waals surface area contributed by atoms with Crippen LogP contribution < -0.4 is 5.73 Å². The molecule has 2 aromatic heterocycles. The van der Waals surface area contributed by atoms with Crippen LogP contribution in [0.15, 0.2) is 23.0 Å². The minimum absolute atomic E-state index is 0.0337. The van der Waals surface area contributed by atoms with Gasteiger partial charge in [0.05, 0.1) is 10.0 Å². The maximum Gasteiger partial charge on any atom is 0.0944 e. The minimum atomic E-state index is -0.0337. The number of nitrogens with zero attached hydrogens (tertiary/aromatic N) is 1. The van der Waals surface area contributed by atoms with Gasteiger partial charge in [-0.05, 0) is 11.4 Å². The summed E-state index contributed by atoms with van der Waals surface area (Å²) in [5.74, 6) is 0. The second-order valence-corrected chi connectivity index (χ2v) is 5.20. The molecule has 0 spiro atoms. The third-order valence-electron chi connectivity index (χ3n) is 1.86. The molecule has 0 saturated carbocycles. The smallest absolute Gasteiger partial charge is 0.0944 e. The molecule has 2 rings (SSSR count). The molecule has 0 fully saturated rings. The summed E-state index contributed by atoms with van der Waals surface area (Å²) < 4.78 is 0. The summed E-state index contributed by atoms with van der Waals surface area (Å²) in [6.45, 7) is 0. The molecule has 0 saturated heterocycles. The Morgan fingerprint density at radius 1 is 1.43 bits per heavy atom. The molecule has 0 aliphatic rings. The van der Waals surface area contributed by atoms with Gasteiger partial charge in [-0.15, -0.1) is 22.7 Å². The van der Waals surface area contributed by atoms with Crippen molar-refractivity contribution in [1.29, 1.82) is 0 Å².